The van der Waals surface area contributed by atoms with Gasteiger partial charge in [-0.3, -0.25) is 9.78 Å². The molecule has 2 rings (SSSR count). The van der Waals surface area contributed by atoms with Crippen LogP contribution in [0, 0.1) is 0 Å². The first kappa shape index (κ1) is 15.9. The number of anilines is 1. The van der Waals surface area contributed by atoms with Crippen LogP contribution in [0.5, 0.6) is 0 Å². The number of nitrogens with one attached hydrogen (secondary N) is 1. The molecular formula is C16H21N5O. The number of nitrogens with zero attached hydrogens (tertiary/aromatic N) is 3. The number of amides is 1. The molecule has 0 spiro atoms. The molecule has 116 valence electrons. The Labute approximate surface area is 130 Å². The summed E-state index contributed by atoms with van der Waals surface area (Å²) in [6.45, 7) is 2.80. The van der Waals surface area contributed by atoms with Gasteiger partial charge in [-0.2, -0.15) is 0 Å². The van der Waals surface area contributed by atoms with Crippen LogP contribution in [0.15, 0.2) is 30.7 Å². The molecule has 0 aliphatic rings. The van der Waals surface area contributed by atoms with Crippen LogP contribution >= 0.6 is 0 Å². The van der Waals surface area contributed by atoms with Crippen molar-refractivity contribution in [2.45, 2.75) is 32.6 Å². The van der Waals surface area contributed by atoms with E-state index in [2.05, 4.69) is 27.2 Å². The molecule has 6 nitrogen and oxygen atoms in total. The zero-order valence-electron chi connectivity index (χ0n) is 12.7. The molecule has 0 aliphatic heterocycles. The molecule has 2 aromatic heterocycles. The summed E-state index contributed by atoms with van der Waals surface area (Å²) in [6, 6.07) is 3.59. The molecule has 0 bridgehead atoms. The summed E-state index contributed by atoms with van der Waals surface area (Å²) in [7, 11) is 0. The lowest BCUT2D eigenvalue weighted by molar-refractivity contribution is 0.0953. The Morgan fingerprint density at radius 2 is 2.00 bits per heavy atom. The van der Waals surface area contributed by atoms with E-state index < -0.39 is 0 Å². The summed E-state index contributed by atoms with van der Waals surface area (Å²) in [5.41, 5.74) is 7.01. The second-order valence-corrected chi connectivity index (χ2v) is 5.04. The van der Waals surface area contributed by atoms with Crippen molar-refractivity contribution in [1.29, 1.82) is 0 Å². The summed E-state index contributed by atoms with van der Waals surface area (Å²) in [5, 5.41) is 2.85. The highest BCUT2D eigenvalue weighted by Crippen LogP contribution is 2.16. The van der Waals surface area contributed by atoms with Gasteiger partial charge in [0.05, 0.1) is 5.56 Å². The van der Waals surface area contributed by atoms with Crippen molar-refractivity contribution in [3.05, 3.63) is 36.3 Å². The molecule has 1 amide bonds. The number of aromatic nitrogens is 3. The molecule has 0 fully saturated rings. The van der Waals surface area contributed by atoms with Crippen LogP contribution in [0.25, 0.3) is 11.4 Å². The Bertz CT molecular complexity index is 615. The van der Waals surface area contributed by atoms with Crippen molar-refractivity contribution in [1.82, 2.24) is 20.3 Å². The topological polar surface area (TPSA) is 93.8 Å². The number of pyridine rings is 1. The van der Waals surface area contributed by atoms with Crippen molar-refractivity contribution < 1.29 is 4.79 Å². The van der Waals surface area contributed by atoms with Gasteiger partial charge in [-0.1, -0.05) is 26.2 Å². The maximum atomic E-state index is 12.1. The van der Waals surface area contributed by atoms with Crippen LogP contribution in [-0.4, -0.2) is 27.4 Å². The Morgan fingerprint density at radius 1 is 1.23 bits per heavy atom. The van der Waals surface area contributed by atoms with Crippen molar-refractivity contribution in [3.63, 3.8) is 0 Å². The number of carbonyl (C=O) groups excluding carboxylic acids is 1. The standard InChI is InChI=1S/C16H21N5O/c1-2-3-4-5-8-19-16(22)13-11-20-15(21-14(13)17)12-6-9-18-10-7-12/h6-7,9-11H,2-5,8H2,1H3,(H,19,22)(H2,17,20,21). The van der Waals surface area contributed by atoms with E-state index in [1.807, 2.05) is 0 Å². The highest BCUT2D eigenvalue weighted by molar-refractivity contribution is 5.98. The van der Waals surface area contributed by atoms with E-state index in [1.165, 1.54) is 19.0 Å². The Kier molecular flexibility index (Phi) is 5.82. The molecule has 22 heavy (non-hydrogen) atoms. The minimum Gasteiger partial charge on any atom is -0.383 e. The number of hydrogen-bond donors (Lipinski definition) is 2. The molecule has 0 saturated carbocycles. The number of unbranched alkanes of at least 4 members (excludes halogenated alkanes) is 3. The lowest BCUT2D eigenvalue weighted by Crippen LogP contribution is -2.26. The van der Waals surface area contributed by atoms with E-state index in [9.17, 15) is 4.79 Å². The highest BCUT2D eigenvalue weighted by atomic mass is 16.1. The van der Waals surface area contributed by atoms with Crippen molar-refractivity contribution in [2.75, 3.05) is 12.3 Å². The van der Waals surface area contributed by atoms with Gasteiger partial charge in [-0.05, 0) is 18.6 Å². The molecule has 0 atom stereocenters. The minimum absolute atomic E-state index is 0.188. The molecule has 6 heteroatoms. The van der Waals surface area contributed by atoms with Crippen LogP contribution in [-0.2, 0) is 0 Å². The molecule has 0 aliphatic carbocycles. The fourth-order valence-corrected chi connectivity index (χ4v) is 2.06. The van der Waals surface area contributed by atoms with E-state index in [1.54, 1.807) is 24.5 Å². The summed E-state index contributed by atoms with van der Waals surface area (Å²) in [5.74, 6) is 0.447. The van der Waals surface area contributed by atoms with Gasteiger partial charge < -0.3 is 11.1 Å². The van der Waals surface area contributed by atoms with Crippen LogP contribution in [0.3, 0.4) is 0 Å². The quantitative estimate of drug-likeness (QED) is 0.766. The van der Waals surface area contributed by atoms with Crippen molar-refractivity contribution in [3.8, 4) is 11.4 Å². The third-order valence-corrected chi connectivity index (χ3v) is 3.32. The molecule has 0 radical (unpaired) electrons. The lowest BCUT2D eigenvalue weighted by Gasteiger charge is -2.08. The summed E-state index contributed by atoms with van der Waals surface area (Å²) in [6.07, 6.45) is 9.23. The smallest absolute Gasteiger partial charge is 0.256 e. The maximum absolute atomic E-state index is 12.1. The molecule has 0 unspecified atom stereocenters. The summed E-state index contributed by atoms with van der Waals surface area (Å²) < 4.78 is 0. The summed E-state index contributed by atoms with van der Waals surface area (Å²) >= 11 is 0. The first-order valence-electron chi connectivity index (χ1n) is 7.53. The SMILES string of the molecule is CCCCCCNC(=O)c1cnc(-c2ccncc2)nc1N. The van der Waals surface area contributed by atoms with Gasteiger partial charge in [-0.15, -0.1) is 0 Å². The van der Waals surface area contributed by atoms with Gasteiger partial charge >= 0.3 is 0 Å². The van der Waals surface area contributed by atoms with Crippen LogP contribution in [0.4, 0.5) is 5.82 Å². The highest BCUT2D eigenvalue weighted by Gasteiger charge is 2.12. The van der Waals surface area contributed by atoms with Crippen LogP contribution in [0.1, 0.15) is 43.0 Å². The van der Waals surface area contributed by atoms with Crippen LogP contribution in [0.2, 0.25) is 0 Å². The molecule has 0 aromatic carbocycles. The average Bonchev–Trinajstić information content (AvgIpc) is 2.55. The Morgan fingerprint density at radius 3 is 2.68 bits per heavy atom. The molecule has 3 N–H and O–H groups in total. The second kappa shape index (κ2) is 8.07. The predicted octanol–water partition coefficient (Wildman–Crippen LogP) is 2.43. The minimum atomic E-state index is -0.227. The van der Waals surface area contributed by atoms with E-state index in [0.29, 0.717) is 17.9 Å². The van der Waals surface area contributed by atoms with Crippen LogP contribution < -0.4 is 11.1 Å². The monoisotopic (exact) mass is 299 g/mol. The molecule has 2 heterocycles. The number of carbonyl (C=O) groups is 1. The fourth-order valence-electron chi connectivity index (χ4n) is 2.06. The fraction of sp³-hybridized carbons (Fsp3) is 0.375. The van der Waals surface area contributed by atoms with E-state index in [-0.39, 0.29) is 11.7 Å². The number of nitrogens with two attached hydrogens (primary N) is 1. The molecule has 0 saturated heterocycles. The van der Waals surface area contributed by atoms with Crippen molar-refractivity contribution >= 4 is 11.7 Å². The first-order valence-corrected chi connectivity index (χ1v) is 7.53. The lowest BCUT2D eigenvalue weighted by atomic mass is 10.2. The summed E-state index contributed by atoms with van der Waals surface area (Å²) in [4.78, 5) is 24.4. The number of nitrogen functional groups attached to an aromatic ring is 1. The number of rotatable bonds is 7. The maximum Gasteiger partial charge on any atom is 0.256 e. The first-order chi connectivity index (χ1) is 10.7. The Balaban J connectivity index is 1.99. The third-order valence-electron chi connectivity index (χ3n) is 3.32. The largest absolute Gasteiger partial charge is 0.383 e. The van der Waals surface area contributed by atoms with Gasteiger partial charge in [0.1, 0.15) is 5.82 Å². The number of hydrogen-bond acceptors (Lipinski definition) is 5. The normalized spacial score (nSPS) is 10.4. The van der Waals surface area contributed by atoms with Crippen molar-refractivity contribution in [2.24, 2.45) is 0 Å². The van der Waals surface area contributed by atoms with E-state index in [4.69, 9.17) is 5.73 Å². The van der Waals surface area contributed by atoms with Gasteiger partial charge in [0.25, 0.3) is 5.91 Å². The van der Waals surface area contributed by atoms with E-state index >= 15 is 0 Å². The molecule has 2 aromatic rings. The van der Waals surface area contributed by atoms with E-state index in [0.717, 1.165) is 18.4 Å². The van der Waals surface area contributed by atoms with Gasteiger partial charge in [0.15, 0.2) is 5.82 Å². The third kappa shape index (κ3) is 4.25. The Hall–Kier alpha value is -2.50. The predicted molar refractivity (Wildman–Crippen MR) is 86.2 cm³/mol. The molecular weight excluding hydrogens is 278 g/mol. The second-order valence-electron chi connectivity index (χ2n) is 5.04. The van der Waals surface area contributed by atoms with Gasteiger partial charge in [0.2, 0.25) is 0 Å². The zero-order valence-corrected chi connectivity index (χ0v) is 12.7. The zero-order chi connectivity index (χ0) is 15.8. The average molecular weight is 299 g/mol. The van der Waals surface area contributed by atoms with Gasteiger partial charge in [0, 0.05) is 30.7 Å². The van der Waals surface area contributed by atoms with Gasteiger partial charge in [-0.25, -0.2) is 9.97 Å².